The zero-order chi connectivity index (χ0) is 19.5. The summed E-state index contributed by atoms with van der Waals surface area (Å²) in [4.78, 5) is 14.7. The maximum absolute atomic E-state index is 12.8. The Balaban J connectivity index is 1.40. The van der Waals surface area contributed by atoms with Crippen LogP contribution < -0.4 is 0 Å². The maximum Gasteiger partial charge on any atom is 0.271 e. The fourth-order valence-electron chi connectivity index (χ4n) is 3.75. The lowest BCUT2D eigenvalue weighted by molar-refractivity contribution is 0.0458. The van der Waals surface area contributed by atoms with Gasteiger partial charge in [0.05, 0.1) is 16.8 Å². The molecule has 6 heteroatoms. The van der Waals surface area contributed by atoms with E-state index in [0.29, 0.717) is 29.5 Å². The van der Waals surface area contributed by atoms with Gasteiger partial charge in [0.2, 0.25) is 0 Å². The third-order valence-electron chi connectivity index (χ3n) is 5.37. The van der Waals surface area contributed by atoms with Crippen molar-refractivity contribution in [3.8, 4) is 11.3 Å². The fraction of sp³-hybridized carbons (Fsp3) is 0.273. The first kappa shape index (κ1) is 18.7. The number of nitrogens with zero attached hydrogens (tertiary/aromatic N) is 2. The Morgan fingerprint density at radius 1 is 1.11 bits per heavy atom. The molecular weight excluding hydrogens is 374 g/mol. The lowest BCUT2D eigenvalue weighted by Gasteiger charge is -2.34. The minimum atomic E-state index is -0.488. The van der Waals surface area contributed by atoms with Crippen LogP contribution in [0.5, 0.6) is 0 Å². The standard InChI is InChI=1S/C22H22ClN3O2/c23-18-9-5-4-8-17(18)19-14-20(25-24-19)22(28)26-12-10-16(11-13-26)21(27)15-6-2-1-3-7-15/h1-9,14,16,21,27H,10-13H2,(H,24,25). The summed E-state index contributed by atoms with van der Waals surface area (Å²) in [6, 6.07) is 18.9. The molecule has 1 fully saturated rings. The van der Waals surface area contributed by atoms with Gasteiger partial charge in [0.1, 0.15) is 5.69 Å². The molecule has 3 aromatic rings. The van der Waals surface area contributed by atoms with Crippen molar-refractivity contribution in [1.82, 2.24) is 15.1 Å². The van der Waals surface area contributed by atoms with Crippen molar-refractivity contribution in [2.24, 2.45) is 5.92 Å². The van der Waals surface area contributed by atoms with Crippen molar-refractivity contribution in [2.75, 3.05) is 13.1 Å². The van der Waals surface area contributed by atoms with Gasteiger partial charge in [0.25, 0.3) is 5.91 Å². The van der Waals surface area contributed by atoms with Gasteiger partial charge in [-0.2, -0.15) is 5.10 Å². The van der Waals surface area contributed by atoms with Crippen molar-refractivity contribution in [2.45, 2.75) is 18.9 Å². The third-order valence-corrected chi connectivity index (χ3v) is 5.70. The summed E-state index contributed by atoms with van der Waals surface area (Å²) < 4.78 is 0. The predicted molar refractivity (Wildman–Crippen MR) is 109 cm³/mol. The first-order valence-corrected chi connectivity index (χ1v) is 9.84. The van der Waals surface area contributed by atoms with Gasteiger partial charge < -0.3 is 10.0 Å². The molecular formula is C22H22ClN3O2. The van der Waals surface area contributed by atoms with Crippen molar-refractivity contribution in [3.63, 3.8) is 0 Å². The van der Waals surface area contributed by atoms with Gasteiger partial charge in [0, 0.05) is 18.7 Å². The van der Waals surface area contributed by atoms with Gasteiger partial charge in [-0.05, 0) is 36.5 Å². The van der Waals surface area contributed by atoms with Gasteiger partial charge in [0.15, 0.2) is 0 Å². The average Bonchev–Trinajstić information content (AvgIpc) is 3.24. The molecule has 2 aromatic carbocycles. The topological polar surface area (TPSA) is 69.2 Å². The highest BCUT2D eigenvalue weighted by Gasteiger charge is 2.29. The number of halogens is 1. The summed E-state index contributed by atoms with van der Waals surface area (Å²) in [7, 11) is 0. The van der Waals surface area contributed by atoms with Crippen LogP contribution in [0, 0.1) is 5.92 Å². The number of aliphatic hydroxyl groups is 1. The summed E-state index contributed by atoms with van der Waals surface area (Å²) in [5.74, 6) is 0.0883. The molecule has 28 heavy (non-hydrogen) atoms. The molecule has 5 nitrogen and oxygen atoms in total. The maximum atomic E-state index is 12.8. The molecule has 1 aliphatic heterocycles. The molecule has 2 N–H and O–H groups in total. The fourth-order valence-corrected chi connectivity index (χ4v) is 3.98. The number of H-pyrrole nitrogens is 1. The van der Waals surface area contributed by atoms with Crippen LogP contribution in [-0.2, 0) is 0 Å². The lowest BCUT2D eigenvalue weighted by Crippen LogP contribution is -2.40. The van der Waals surface area contributed by atoms with E-state index in [1.54, 1.807) is 12.1 Å². The van der Waals surface area contributed by atoms with Crippen LogP contribution in [0.25, 0.3) is 11.3 Å². The van der Waals surface area contributed by atoms with Crippen molar-refractivity contribution < 1.29 is 9.90 Å². The van der Waals surface area contributed by atoms with Crippen LogP contribution in [0.3, 0.4) is 0 Å². The van der Waals surface area contributed by atoms with Crippen LogP contribution in [0.4, 0.5) is 0 Å². The predicted octanol–water partition coefficient (Wildman–Crippen LogP) is 4.32. The zero-order valence-electron chi connectivity index (χ0n) is 15.4. The Morgan fingerprint density at radius 2 is 1.79 bits per heavy atom. The molecule has 1 atom stereocenters. The number of carbonyl (C=O) groups excluding carboxylic acids is 1. The molecule has 0 radical (unpaired) electrons. The van der Waals surface area contributed by atoms with Crippen molar-refractivity contribution >= 4 is 17.5 Å². The van der Waals surface area contributed by atoms with Crippen LogP contribution in [-0.4, -0.2) is 39.2 Å². The molecule has 4 rings (SSSR count). The second-order valence-electron chi connectivity index (χ2n) is 7.13. The normalized spacial score (nSPS) is 16.1. The van der Waals surface area contributed by atoms with Gasteiger partial charge in [-0.1, -0.05) is 60.1 Å². The molecule has 0 spiro atoms. The molecule has 1 saturated heterocycles. The molecule has 144 valence electrons. The van der Waals surface area contributed by atoms with Crippen LogP contribution >= 0.6 is 11.6 Å². The highest BCUT2D eigenvalue weighted by molar-refractivity contribution is 6.33. The number of amides is 1. The summed E-state index contributed by atoms with van der Waals surface area (Å²) in [5, 5.41) is 18.3. The van der Waals surface area contributed by atoms with Gasteiger partial charge in [-0.15, -0.1) is 0 Å². The van der Waals surface area contributed by atoms with Gasteiger partial charge in [-0.25, -0.2) is 0 Å². The smallest absolute Gasteiger partial charge is 0.271 e. The number of rotatable bonds is 4. The van der Waals surface area contributed by atoms with E-state index in [1.807, 2.05) is 53.4 Å². The number of likely N-dealkylation sites (tertiary alicyclic amines) is 1. The number of carbonyl (C=O) groups is 1. The molecule has 1 amide bonds. The summed E-state index contributed by atoms with van der Waals surface area (Å²) in [6.45, 7) is 1.24. The lowest BCUT2D eigenvalue weighted by atomic mass is 9.87. The van der Waals surface area contributed by atoms with Crippen molar-refractivity contribution in [3.05, 3.63) is 76.9 Å². The van der Waals surface area contributed by atoms with E-state index >= 15 is 0 Å². The van der Waals surface area contributed by atoms with E-state index in [2.05, 4.69) is 10.2 Å². The van der Waals surface area contributed by atoms with E-state index < -0.39 is 6.10 Å². The number of piperidine rings is 1. The number of benzene rings is 2. The van der Waals surface area contributed by atoms with Crippen LogP contribution in [0.2, 0.25) is 5.02 Å². The summed E-state index contributed by atoms with van der Waals surface area (Å²) in [5.41, 5.74) is 2.84. The Kier molecular flexibility index (Phi) is 5.46. The second kappa shape index (κ2) is 8.17. The van der Waals surface area contributed by atoms with Crippen molar-refractivity contribution in [1.29, 1.82) is 0 Å². The number of hydrogen-bond donors (Lipinski definition) is 2. The number of aromatic amines is 1. The Hall–Kier alpha value is -2.63. The van der Waals surface area contributed by atoms with E-state index in [1.165, 1.54) is 0 Å². The largest absolute Gasteiger partial charge is 0.388 e. The number of aliphatic hydroxyl groups excluding tert-OH is 1. The van der Waals surface area contributed by atoms with Crippen LogP contribution in [0.1, 0.15) is 35.0 Å². The SMILES string of the molecule is O=C(c1cc(-c2ccccc2Cl)n[nH]1)N1CCC(C(O)c2ccccc2)CC1. The molecule has 1 aromatic heterocycles. The Labute approximate surface area is 169 Å². The van der Waals surface area contributed by atoms with E-state index in [4.69, 9.17) is 11.6 Å². The van der Waals surface area contributed by atoms with Gasteiger partial charge >= 0.3 is 0 Å². The minimum absolute atomic E-state index is 0.0709. The number of nitrogens with one attached hydrogen (secondary N) is 1. The van der Waals surface area contributed by atoms with Gasteiger partial charge in [-0.3, -0.25) is 9.89 Å². The second-order valence-corrected chi connectivity index (χ2v) is 7.54. The monoisotopic (exact) mass is 395 g/mol. The molecule has 1 unspecified atom stereocenters. The third kappa shape index (κ3) is 3.81. The highest BCUT2D eigenvalue weighted by atomic mass is 35.5. The number of aromatic nitrogens is 2. The molecule has 0 aliphatic carbocycles. The van der Waals surface area contributed by atoms with E-state index in [-0.39, 0.29) is 11.8 Å². The first-order valence-electron chi connectivity index (χ1n) is 9.46. The van der Waals surface area contributed by atoms with E-state index in [9.17, 15) is 9.90 Å². The Bertz CT molecular complexity index is 949. The summed E-state index contributed by atoms with van der Waals surface area (Å²) in [6.07, 6.45) is 1.05. The molecule has 2 heterocycles. The molecule has 0 saturated carbocycles. The Morgan fingerprint density at radius 3 is 2.50 bits per heavy atom. The van der Waals surface area contributed by atoms with Crippen LogP contribution in [0.15, 0.2) is 60.7 Å². The minimum Gasteiger partial charge on any atom is -0.388 e. The average molecular weight is 396 g/mol. The number of hydrogen-bond acceptors (Lipinski definition) is 3. The molecule has 0 bridgehead atoms. The summed E-state index contributed by atoms with van der Waals surface area (Å²) >= 11 is 6.22. The first-order chi connectivity index (χ1) is 13.6. The quantitative estimate of drug-likeness (QED) is 0.691. The van der Waals surface area contributed by atoms with E-state index in [0.717, 1.165) is 24.0 Å². The zero-order valence-corrected chi connectivity index (χ0v) is 16.1. The highest BCUT2D eigenvalue weighted by Crippen LogP contribution is 2.31. The molecule has 1 aliphatic rings.